The summed E-state index contributed by atoms with van der Waals surface area (Å²) in [6, 6.07) is 8.37. The predicted molar refractivity (Wildman–Crippen MR) is 79.4 cm³/mol. The van der Waals surface area contributed by atoms with Crippen LogP contribution >= 0.6 is 0 Å². The molecule has 1 fully saturated rings. The van der Waals surface area contributed by atoms with Crippen molar-refractivity contribution in [2.45, 2.75) is 55.4 Å². The normalized spacial score (nSPS) is 31.2. The minimum atomic E-state index is -3.66. The molecule has 0 N–H and O–H groups in total. The van der Waals surface area contributed by atoms with E-state index in [4.69, 9.17) is 4.18 Å². The fraction of sp³-hybridized carbons (Fsp3) is 0.571. The third-order valence-electron chi connectivity index (χ3n) is 4.71. The Morgan fingerprint density at radius 1 is 1.11 bits per heavy atom. The van der Waals surface area contributed by atoms with Crippen LogP contribution in [0.1, 0.15) is 20.3 Å². The van der Waals surface area contributed by atoms with Gasteiger partial charge in [-0.25, -0.2) is 0 Å². The summed E-state index contributed by atoms with van der Waals surface area (Å²) < 4.78 is 30.2. The van der Waals surface area contributed by atoms with Crippen molar-refractivity contribution >= 4 is 18.2 Å². The maximum absolute atomic E-state index is 12.3. The van der Waals surface area contributed by atoms with Gasteiger partial charge in [0, 0.05) is 0 Å². The monoisotopic (exact) mass is 298 g/mol. The molecule has 1 aliphatic carbocycles. The fourth-order valence-electron chi connectivity index (χ4n) is 2.69. The number of hydrogen-bond acceptors (Lipinski definition) is 3. The molecule has 1 aromatic rings. The fourth-order valence-corrected chi connectivity index (χ4v) is 6.58. The minimum absolute atomic E-state index is 0.0157. The largest absolute Gasteiger partial charge is 0.297 e. The molecule has 1 aliphatic rings. The highest BCUT2D eigenvalue weighted by atomic mass is 32.2. The second-order valence-electron chi connectivity index (χ2n) is 6.84. The van der Waals surface area contributed by atoms with Crippen molar-refractivity contribution in [1.82, 2.24) is 0 Å². The summed E-state index contributed by atoms with van der Waals surface area (Å²) >= 11 is 0. The average molecular weight is 298 g/mol. The Balaban J connectivity index is 2.25. The molecule has 0 saturated heterocycles. The summed E-state index contributed by atoms with van der Waals surface area (Å²) in [6.45, 7) is 10.9. The Kier molecular flexibility index (Phi) is 3.24. The maximum Gasteiger partial charge on any atom is 0.297 e. The van der Waals surface area contributed by atoms with Gasteiger partial charge in [-0.2, -0.15) is 8.42 Å². The zero-order valence-electron chi connectivity index (χ0n) is 12.2. The van der Waals surface area contributed by atoms with Crippen molar-refractivity contribution in [3.8, 4) is 0 Å². The molecular weight excluding hydrogens is 276 g/mol. The molecule has 2 rings (SSSR count). The Morgan fingerprint density at radius 3 is 2.05 bits per heavy atom. The van der Waals surface area contributed by atoms with Crippen LogP contribution in [0.2, 0.25) is 24.7 Å². The van der Waals surface area contributed by atoms with E-state index < -0.39 is 23.8 Å². The zero-order valence-corrected chi connectivity index (χ0v) is 14.0. The van der Waals surface area contributed by atoms with Crippen molar-refractivity contribution in [2.75, 3.05) is 0 Å². The van der Waals surface area contributed by atoms with E-state index in [2.05, 4.69) is 26.6 Å². The van der Waals surface area contributed by atoms with Crippen molar-refractivity contribution in [2.24, 2.45) is 0 Å². The molecule has 19 heavy (non-hydrogen) atoms. The molecule has 0 spiro atoms. The summed E-state index contributed by atoms with van der Waals surface area (Å²) in [4.78, 5) is 0.237. The summed E-state index contributed by atoms with van der Waals surface area (Å²) in [5.74, 6) is 0. The van der Waals surface area contributed by atoms with Gasteiger partial charge >= 0.3 is 0 Å². The second-order valence-corrected chi connectivity index (χ2v) is 14.0. The van der Waals surface area contributed by atoms with Gasteiger partial charge in [-0.05, 0) is 30.5 Å². The number of hydrogen-bond donors (Lipinski definition) is 0. The first kappa shape index (κ1) is 14.7. The lowest BCUT2D eigenvalue weighted by Gasteiger charge is -2.29. The van der Waals surface area contributed by atoms with Gasteiger partial charge in [0.25, 0.3) is 10.1 Å². The highest BCUT2D eigenvalue weighted by Crippen LogP contribution is 2.70. The Bertz CT molecular complexity index is 576. The standard InChI is InChI=1S/C14H22O3SSi/c1-13(11-14(13,2)19(3,4)5)17-18(15,16)12-9-7-6-8-10-12/h6-10H,11H2,1-5H3. The van der Waals surface area contributed by atoms with Crippen LogP contribution < -0.4 is 0 Å². The zero-order chi connectivity index (χ0) is 14.5. The Labute approximate surface area is 117 Å². The highest BCUT2D eigenvalue weighted by molar-refractivity contribution is 7.86. The Hall–Kier alpha value is -0.653. The number of rotatable bonds is 4. The lowest BCUT2D eigenvalue weighted by molar-refractivity contribution is 0.193. The smallest absolute Gasteiger partial charge is 0.260 e. The van der Waals surface area contributed by atoms with Gasteiger partial charge in [0.2, 0.25) is 0 Å². The van der Waals surface area contributed by atoms with E-state index in [1.54, 1.807) is 30.3 Å². The van der Waals surface area contributed by atoms with Crippen LogP contribution in [0, 0.1) is 0 Å². The first-order valence-corrected chi connectivity index (χ1v) is 11.4. The molecule has 1 saturated carbocycles. The van der Waals surface area contributed by atoms with Crippen molar-refractivity contribution < 1.29 is 12.6 Å². The lowest BCUT2D eigenvalue weighted by Crippen LogP contribution is -2.35. The average Bonchev–Trinajstić information content (AvgIpc) is 2.82. The van der Waals surface area contributed by atoms with Gasteiger partial charge < -0.3 is 0 Å². The first-order chi connectivity index (χ1) is 8.52. The molecule has 106 valence electrons. The molecule has 0 heterocycles. The van der Waals surface area contributed by atoms with Crippen LogP contribution in [0.25, 0.3) is 0 Å². The molecule has 1 aromatic carbocycles. The van der Waals surface area contributed by atoms with E-state index in [1.807, 2.05) is 6.92 Å². The molecule has 0 aliphatic heterocycles. The second kappa shape index (κ2) is 4.17. The van der Waals surface area contributed by atoms with Crippen LogP contribution in [0.3, 0.4) is 0 Å². The van der Waals surface area contributed by atoms with Crippen molar-refractivity contribution in [3.63, 3.8) is 0 Å². The minimum Gasteiger partial charge on any atom is -0.260 e. The SMILES string of the molecule is CC1(OS(=O)(=O)c2ccccc2)CC1(C)[Si](C)(C)C. The van der Waals surface area contributed by atoms with Gasteiger partial charge in [0.1, 0.15) is 0 Å². The lowest BCUT2D eigenvalue weighted by atomic mass is 10.3. The third kappa shape index (κ3) is 2.39. The third-order valence-corrected chi connectivity index (χ3v) is 10.2. The van der Waals surface area contributed by atoms with Crippen molar-refractivity contribution in [3.05, 3.63) is 30.3 Å². The predicted octanol–water partition coefficient (Wildman–Crippen LogP) is 3.65. The summed E-state index contributed by atoms with van der Waals surface area (Å²) in [6.07, 6.45) is 0.821. The topological polar surface area (TPSA) is 43.4 Å². The summed E-state index contributed by atoms with van der Waals surface area (Å²) in [5.41, 5.74) is -0.549. The maximum atomic E-state index is 12.3. The van der Waals surface area contributed by atoms with Crippen LogP contribution in [0.15, 0.2) is 35.2 Å². The van der Waals surface area contributed by atoms with Gasteiger partial charge in [0.15, 0.2) is 0 Å². The first-order valence-electron chi connectivity index (χ1n) is 6.53. The van der Waals surface area contributed by atoms with E-state index in [9.17, 15) is 8.42 Å². The van der Waals surface area contributed by atoms with Crippen LogP contribution in [0.4, 0.5) is 0 Å². The van der Waals surface area contributed by atoms with Crippen LogP contribution in [-0.4, -0.2) is 22.1 Å². The molecule has 0 radical (unpaired) electrons. The molecule has 3 nitrogen and oxygen atoms in total. The Morgan fingerprint density at radius 2 is 1.63 bits per heavy atom. The van der Waals surface area contributed by atoms with Crippen LogP contribution in [0.5, 0.6) is 0 Å². The van der Waals surface area contributed by atoms with Crippen molar-refractivity contribution in [1.29, 1.82) is 0 Å². The van der Waals surface area contributed by atoms with E-state index in [-0.39, 0.29) is 9.93 Å². The molecule has 0 aromatic heterocycles. The molecule has 5 heteroatoms. The molecule has 2 unspecified atom stereocenters. The summed E-state index contributed by atoms with van der Waals surface area (Å²) in [5, 5.41) is 0.0157. The van der Waals surface area contributed by atoms with E-state index in [0.29, 0.717) is 0 Å². The van der Waals surface area contributed by atoms with E-state index in [0.717, 1.165) is 6.42 Å². The molecule has 0 amide bonds. The van der Waals surface area contributed by atoms with Gasteiger partial charge in [-0.1, -0.05) is 44.8 Å². The van der Waals surface area contributed by atoms with E-state index >= 15 is 0 Å². The molecule has 0 bridgehead atoms. The van der Waals surface area contributed by atoms with Gasteiger partial charge in [-0.3, -0.25) is 4.18 Å². The number of benzene rings is 1. The quantitative estimate of drug-likeness (QED) is 0.629. The molecular formula is C14H22O3SSi. The van der Waals surface area contributed by atoms with E-state index in [1.165, 1.54) is 0 Å². The summed E-state index contributed by atoms with van der Waals surface area (Å²) in [7, 11) is -5.14. The van der Waals surface area contributed by atoms with Crippen LogP contribution in [-0.2, 0) is 14.3 Å². The highest BCUT2D eigenvalue weighted by Gasteiger charge is 2.69. The van der Waals surface area contributed by atoms with Gasteiger partial charge in [0.05, 0.1) is 18.6 Å². The van der Waals surface area contributed by atoms with Gasteiger partial charge in [-0.15, -0.1) is 0 Å². The molecule has 2 atom stereocenters.